The lowest BCUT2D eigenvalue weighted by molar-refractivity contribution is 0.466. The van der Waals surface area contributed by atoms with Gasteiger partial charge in [-0.05, 0) is 60.8 Å². The third kappa shape index (κ3) is 4.09. The van der Waals surface area contributed by atoms with Gasteiger partial charge in [-0.15, -0.1) is 0 Å². The van der Waals surface area contributed by atoms with Crippen molar-refractivity contribution >= 4 is 11.3 Å². The first-order valence-electron chi connectivity index (χ1n) is 8.18. The Balaban J connectivity index is 2.11. The van der Waals surface area contributed by atoms with Gasteiger partial charge in [0.25, 0.3) is 0 Å². The zero-order chi connectivity index (χ0) is 17.7. The average Bonchev–Trinajstić information content (AvgIpc) is 2.58. The maximum absolute atomic E-state index is 5.54. The maximum Gasteiger partial charge on any atom is 0.0361 e. The summed E-state index contributed by atoms with van der Waals surface area (Å²) in [5, 5.41) is 0. The summed E-state index contributed by atoms with van der Waals surface area (Å²) >= 11 is 0. The number of hydrogen-bond acceptors (Lipinski definition) is 4. The van der Waals surface area contributed by atoms with Gasteiger partial charge < -0.3 is 15.2 Å². The van der Waals surface area contributed by atoms with Crippen LogP contribution in [-0.4, -0.2) is 25.5 Å². The minimum atomic E-state index is 0.896. The van der Waals surface area contributed by atoms with Gasteiger partial charge in [0.15, 0.2) is 0 Å². The molecule has 1 aromatic rings. The van der Waals surface area contributed by atoms with Gasteiger partial charge >= 0.3 is 0 Å². The van der Waals surface area contributed by atoms with Crippen molar-refractivity contribution in [1.29, 1.82) is 0 Å². The van der Waals surface area contributed by atoms with Crippen molar-refractivity contribution in [3.8, 4) is 0 Å². The number of benzene rings is 1. The SMILES string of the molecule is C=C1C=CN(CC/C(=C\NN)c2ccc(N(C)C)cc2)C(C)=C1C. The minimum Gasteiger partial charge on any atom is -0.378 e. The van der Waals surface area contributed by atoms with Crippen LogP contribution in [0.15, 0.2) is 66.2 Å². The highest BCUT2D eigenvalue weighted by Crippen LogP contribution is 2.26. The lowest BCUT2D eigenvalue weighted by atomic mass is 10.0. The number of anilines is 1. The summed E-state index contributed by atoms with van der Waals surface area (Å²) in [6.45, 7) is 9.22. The van der Waals surface area contributed by atoms with Crippen LogP contribution in [0.5, 0.6) is 0 Å². The maximum atomic E-state index is 5.54. The van der Waals surface area contributed by atoms with E-state index in [0.29, 0.717) is 0 Å². The average molecular weight is 324 g/mol. The van der Waals surface area contributed by atoms with Crippen LogP contribution in [0.2, 0.25) is 0 Å². The molecule has 1 aromatic carbocycles. The summed E-state index contributed by atoms with van der Waals surface area (Å²) in [4.78, 5) is 4.36. The fourth-order valence-electron chi connectivity index (χ4n) is 2.72. The molecule has 0 amide bonds. The highest BCUT2D eigenvalue weighted by Gasteiger charge is 2.13. The normalized spacial score (nSPS) is 15.1. The van der Waals surface area contributed by atoms with E-state index in [0.717, 1.165) is 18.5 Å². The third-order valence-corrected chi connectivity index (χ3v) is 4.54. The molecular weight excluding hydrogens is 296 g/mol. The zero-order valence-electron chi connectivity index (χ0n) is 15.1. The van der Waals surface area contributed by atoms with Gasteiger partial charge in [-0.3, -0.25) is 5.84 Å². The Morgan fingerprint density at radius 1 is 1.25 bits per heavy atom. The number of hydrogen-bond donors (Lipinski definition) is 2. The molecule has 0 aliphatic carbocycles. The second-order valence-electron chi connectivity index (χ2n) is 6.27. The smallest absolute Gasteiger partial charge is 0.0361 e. The molecule has 0 spiro atoms. The topological polar surface area (TPSA) is 44.5 Å². The summed E-state index contributed by atoms with van der Waals surface area (Å²) in [6.07, 6.45) is 6.95. The molecule has 0 fully saturated rings. The van der Waals surface area contributed by atoms with E-state index in [1.54, 1.807) is 0 Å². The van der Waals surface area contributed by atoms with Crippen LogP contribution in [0.3, 0.4) is 0 Å². The van der Waals surface area contributed by atoms with Gasteiger partial charge in [0, 0.05) is 44.4 Å². The van der Waals surface area contributed by atoms with Gasteiger partial charge in [0.05, 0.1) is 0 Å². The minimum absolute atomic E-state index is 0.896. The molecule has 0 bridgehead atoms. The molecule has 128 valence electrons. The summed E-state index contributed by atoms with van der Waals surface area (Å²) in [5.74, 6) is 5.54. The number of nitrogens with one attached hydrogen (secondary N) is 1. The van der Waals surface area contributed by atoms with Crippen molar-refractivity contribution in [3.63, 3.8) is 0 Å². The molecule has 1 aliphatic heterocycles. The first kappa shape index (κ1) is 17.9. The molecule has 0 radical (unpaired) electrons. The predicted molar refractivity (Wildman–Crippen MR) is 104 cm³/mol. The van der Waals surface area contributed by atoms with Crippen molar-refractivity contribution in [3.05, 3.63) is 71.7 Å². The number of nitrogens with zero attached hydrogens (tertiary/aromatic N) is 2. The summed E-state index contributed by atoms with van der Waals surface area (Å²) in [7, 11) is 4.09. The van der Waals surface area contributed by atoms with Crippen molar-refractivity contribution in [2.24, 2.45) is 5.84 Å². The quantitative estimate of drug-likeness (QED) is 0.619. The predicted octanol–water partition coefficient (Wildman–Crippen LogP) is 3.63. The van der Waals surface area contributed by atoms with Gasteiger partial charge in [-0.2, -0.15) is 0 Å². The molecule has 24 heavy (non-hydrogen) atoms. The second-order valence-corrected chi connectivity index (χ2v) is 6.27. The van der Waals surface area contributed by atoms with E-state index in [4.69, 9.17) is 5.84 Å². The fraction of sp³-hybridized carbons (Fsp3) is 0.300. The summed E-state index contributed by atoms with van der Waals surface area (Å²) in [5.41, 5.74) is 9.82. The van der Waals surface area contributed by atoms with Crippen molar-refractivity contribution in [1.82, 2.24) is 10.3 Å². The molecule has 0 saturated carbocycles. The van der Waals surface area contributed by atoms with Crippen molar-refractivity contribution in [2.75, 3.05) is 25.5 Å². The number of hydrazine groups is 1. The Morgan fingerprint density at radius 3 is 2.50 bits per heavy atom. The van der Waals surface area contributed by atoms with Gasteiger partial charge in [-0.1, -0.05) is 18.7 Å². The Kier molecular flexibility index (Phi) is 5.88. The van der Waals surface area contributed by atoms with Crippen LogP contribution < -0.4 is 16.2 Å². The summed E-state index contributed by atoms with van der Waals surface area (Å²) in [6, 6.07) is 8.53. The van der Waals surface area contributed by atoms with Crippen molar-refractivity contribution < 1.29 is 0 Å². The molecule has 0 aromatic heterocycles. The highest BCUT2D eigenvalue weighted by molar-refractivity contribution is 5.67. The lowest BCUT2D eigenvalue weighted by Crippen LogP contribution is -2.21. The van der Waals surface area contributed by atoms with Gasteiger partial charge in [0.2, 0.25) is 0 Å². The van der Waals surface area contributed by atoms with E-state index in [1.165, 1.54) is 28.1 Å². The molecule has 4 heteroatoms. The zero-order valence-corrected chi connectivity index (χ0v) is 15.1. The number of nitrogens with two attached hydrogens (primary N) is 1. The molecule has 0 atom stereocenters. The first-order chi connectivity index (χ1) is 11.4. The molecule has 4 nitrogen and oxygen atoms in total. The van der Waals surface area contributed by atoms with Crippen LogP contribution in [0.25, 0.3) is 5.57 Å². The summed E-state index contributed by atoms with van der Waals surface area (Å²) < 4.78 is 0. The third-order valence-electron chi connectivity index (χ3n) is 4.54. The molecular formula is C20H28N4. The number of rotatable bonds is 6. The monoisotopic (exact) mass is 324 g/mol. The van der Waals surface area contributed by atoms with Gasteiger partial charge in [-0.25, -0.2) is 0 Å². The van der Waals surface area contributed by atoms with Crippen molar-refractivity contribution in [2.45, 2.75) is 20.3 Å². The Hall–Kier alpha value is -2.46. The molecule has 2 rings (SSSR count). The lowest BCUT2D eigenvalue weighted by Gasteiger charge is -2.27. The Morgan fingerprint density at radius 2 is 1.92 bits per heavy atom. The molecule has 0 unspecified atom stereocenters. The van der Waals surface area contributed by atoms with Crippen LogP contribution in [0.4, 0.5) is 5.69 Å². The fourth-order valence-corrected chi connectivity index (χ4v) is 2.72. The second kappa shape index (κ2) is 7.88. The van der Waals surface area contributed by atoms with Crippen LogP contribution in [0, 0.1) is 0 Å². The molecule has 1 heterocycles. The van der Waals surface area contributed by atoms with E-state index < -0.39 is 0 Å². The standard InChI is InChI=1S/C20H28N4/c1-15-10-12-24(17(3)16(15)2)13-11-19(14-22-21)18-6-8-20(9-7-18)23(4)5/h6-10,12,14,22H,1,11,13,21H2,2-5H3/b19-14+. The van der Waals surface area contributed by atoms with Gasteiger partial charge in [0.1, 0.15) is 0 Å². The van der Waals surface area contributed by atoms with E-state index in [-0.39, 0.29) is 0 Å². The molecule has 3 N–H and O–H groups in total. The van der Waals surface area contributed by atoms with Crippen LogP contribution in [-0.2, 0) is 0 Å². The molecule has 0 saturated heterocycles. The van der Waals surface area contributed by atoms with Crippen LogP contribution in [0.1, 0.15) is 25.8 Å². The van der Waals surface area contributed by atoms with E-state index in [1.807, 2.05) is 20.3 Å². The van der Waals surface area contributed by atoms with E-state index >= 15 is 0 Å². The Labute approximate surface area is 145 Å². The highest BCUT2D eigenvalue weighted by atomic mass is 15.2. The largest absolute Gasteiger partial charge is 0.378 e. The Bertz CT molecular complexity index is 678. The molecule has 1 aliphatic rings. The van der Waals surface area contributed by atoms with E-state index in [9.17, 15) is 0 Å². The van der Waals surface area contributed by atoms with E-state index in [2.05, 4.69) is 72.2 Å². The number of allylic oxidation sites excluding steroid dienone is 4. The first-order valence-corrected chi connectivity index (χ1v) is 8.18. The van der Waals surface area contributed by atoms with Crippen LogP contribution >= 0.6 is 0 Å².